The lowest BCUT2D eigenvalue weighted by Crippen LogP contribution is -2.02. The van der Waals surface area contributed by atoms with E-state index in [9.17, 15) is 4.57 Å². The first-order valence-electron chi connectivity index (χ1n) is 6.49. The minimum absolute atomic E-state index is 0.436. The number of nitrogens with one attached hydrogen (secondary N) is 1. The molecule has 0 fully saturated rings. The SMILES string of the molecule is CCc1ccc(O[P@@](C)(=O)Nc2cc(Cl)ccc2Cl)cc1. The van der Waals surface area contributed by atoms with Gasteiger partial charge in [-0.1, -0.05) is 42.3 Å². The monoisotopic (exact) mass is 343 g/mol. The van der Waals surface area contributed by atoms with Gasteiger partial charge in [0.05, 0.1) is 10.7 Å². The predicted molar refractivity (Wildman–Crippen MR) is 90.1 cm³/mol. The molecule has 0 aliphatic carbocycles. The summed E-state index contributed by atoms with van der Waals surface area (Å²) < 4.78 is 18.1. The quantitative estimate of drug-likeness (QED) is 0.690. The van der Waals surface area contributed by atoms with Crippen LogP contribution in [0.2, 0.25) is 10.0 Å². The Kier molecular flexibility index (Phi) is 5.21. The summed E-state index contributed by atoms with van der Waals surface area (Å²) in [6.45, 7) is 3.57. The molecule has 0 bridgehead atoms. The van der Waals surface area contributed by atoms with Gasteiger partial charge in [-0.25, -0.2) is 0 Å². The van der Waals surface area contributed by atoms with E-state index in [1.165, 1.54) is 12.2 Å². The van der Waals surface area contributed by atoms with Crippen molar-refractivity contribution in [3.8, 4) is 5.75 Å². The van der Waals surface area contributed by atoms with Crippen LogP contribution in [0.4, 0.5) is 5.69 Å². The second-order valence-corrected chi connectivity index (χ2v) is 7.61. The fourth-order valence-corrected chi connectivity index (χ4v) is 3.41. The second-order valence-electron chi connectivity index (χ2n) is 4.67. The standard InChI is InChI=1S/C15H16Cl2NO2P/c1-3-11-4-7-13(8-5-11)20-21(2,19)18-15-10-12(16)6-9-14(15)17/h4-10H,3H2,1-2H3,(H,18,19)/t21-/m1/s1. The number of hydrogen-bond acceptors (Lipinski definition) is 2. The van der Waals surface area contributed by atoms with E-state index in [4.69, 9.17) is 27.7 Å². The van der Waals surface area contributed by atoms with Crippen LogP contribution in [0.3, 0.4) is 0 Å². The summed E-state index contributed by atoms with van der Waals surface area (Å²) >= 11 is 12.0. The highest BCUT2D eigenvalue weighted by Crippen LogP contribution is 2.45. The van der Waals surface area contributed by atoms with E-state index < -0.39 is 7.52 Å². The average molecular weight is 344 g/mol. The summed E-state index contributed by atoms with van der Waals surface area (Å²) in [5.74, 6) is 0.545. The van der Waals surface area contributed by atoms with Crippen LogP contribution in [0.15, 0.2) is 42.5 Å². The summed E-state index contributed by atoms with van der Waals surface area (Å²) in [4.78, 5) is 0. The van der Waals surface area contributed by atoms with Crippen molar-refractivity contribution in [2.75, 3.05) is 11.8 Å². The smallest absolute Gasteiger partial charge is 0.338 e. The molecule has 0 saturated heterocycles. The van der Waals surface area contributed by atoms with E-state index in [-0.39, 0.29) is 0 Å². The molecule has 21 heavy (non-hydrogen) atoms. The summed E-state index contributed by atoms with van der Waals surface area (Å²) in [7, 11) is -3.10. The molecule has 0 unspecified atom stereocenters. The number of rotatable bonds is 5. The molecule has 2 rings (SSSR count). The molecule has 1 N–H and O–H groups in total. The molecule has 0 aromatic heterocycles. The van der Waals surface area contributed by atoms with Gasteiger partial charge in [0, 0.05) is 11.7 Å². The highest BCUT2D eigenvalue weighted by Gasteiger charge is 2.19. The molecule has 0 heterocycles. The van der Waals surface area contributed by atoms with Gasteiger partial charge >= 0.3 is 7.52 Å². The van der Waals surface area contributed by atoms with Crippen molar-refractivity contribution in [1.29, 1.82) is 0 Å². The van der Waals surface area contributed by atoms with Crippen LogP contribution in [0, 0.1) is 0 Å². The molecule has 0 radical (unpaired) electrons. The molecule has 2 aromatic carbocycles. The lowest BCUT2D eigenvalue weighted by molar-refractivity contribution is 0.493. The van der Waals surface area contributed by atoms with Gasteiger partial charge in [0.2, 0.25) is 0 Å². The molecule has 0 aliphatic heterocycles. The van der Waals surface area contributed by atoms with Crippen molar-refractivity contribution in [2.24, 2.45) is 0 Å². The van der Waals surface area contributed by atoms with Crippen molar-refractivity contribution in [3.63, 3.8) is 0 Å². The van der Waals surface area contributed by atoms with Gasteiger partial charge in [0.15, 0.2) is 0 Å². The Bertz CT molecular complexity index is 674. The fourth-order valence-electron chi connectivity index (χ4n) is 1.81. The normalized spacial score (nSPS) is 13.5. The first-order chi connectivity index (χ1) is 9.89. The van der Waals surface area contributed by atoms with Crippen LogP contribution in [0.25, 0.3) is 0 Å². The largest absolute Gasteiger partial charge is 0.429 e. The Morgan fingerprint density at radius 3 is 2.43 bits per heavy atom. The van der Waals surface area contributed by atoms with Gasteiger partial charge in [-0.05, 0) is 42.3 Å². The number of aryl methyl sites for hydroxylation is 1. The molecular formula is C15H16Cl2NO2P. The topological polar surface area (TPSA) is 38.3 Å². The first kappa shape index (κ1) is 16.2. The van der Waals surface area contributed by atoms with Gasteiger partial charge in [0.25, 0.3) is 0 Å². The van der Waals surface area contributed by atoms with Gasteiger partial charge in [-0.3, -0.25) is 4.57 Å². The predicted octanol–water partition coefficient (Wildman–Crippen LogP) is 5.87. The maximum absolute atomic E-state index is 12.5. The lowest BCUT2D eigenvalue weighted by Gasteiger charge is -2.18. The summed E-state index contributed by atoms with van der Waals surface area (Å²) in [6, 6.07) is 12.4. The highest BCUT2D eigenvalue weighted by molar-refractivity contribution is 7.60. The van der Waals surface area contributed by atoms with Crippen molar-refractivity contribution in [2.45, 2.75) is 13.3 Å². The van der Waals surface area contributed by atoms with Crippen molar-refractivity contribution < 1.29 is 9.09 Å². The third-order valence-electron chi connectivity index (χ3n) is 2.86. The lowest BCUT2D eigenvalue weighted by atomic mass is 10.2. The van der Waals surface area contributed by atoms with Crippen LogP contribution in [-0.4, -0.2) is 6.66 Å². The van der Waals surface area contributed by atoms with E-state index in [2.05, 4.69) is 12.0 Å². The average Bonchev–Trinajstić information content (AvgIpc) is 2.43. The first-order valence-corrected chi connectivity index (χ1v) is 9.32. The number of anilines is 1. The highest BCUT2D eigenvalue weighted by atomic mass is 35.5. The molecule has 2 aromatic rings. The minimum Gasteiger partial charge on any atom is -0.429 e. The van der Waals surface area contributed by atoms with Gasteiger partial charge in [-0.15, -0.1) is 0 Å². The van der Waals surface area contributed by atoms with Gasteiger partial charge in [-0.2, -0.15) is 0 Å². The Hall–Kier alpha value is -1.15. The van der Waals surface area contributed by atoms with Crippen molar-refractivity contribution in [3.05, 3.63) is 58.1 Å². The molecule has 3 nitrogen and oxygen atoms in total. The maximum atomic E-state index is 12.5. The Labute approximate surface area is 134 Å². The zero-order valence-corrected chi connectivity index (χ0v) is 14.2. The summed E-state index contributed by atoms with van der Waals surface area (Å²) in [6.07, 6.45) is 0.945. The zero-order chi connectivity index (χ0) is 15.5. The van der Waals surface area contributed by atoms with Crippen molar-refractivity contribution in [1.82, 2.24) is 0 Å². The van der Waals surface area contributed by atoms with Crippen LogP contribution < -0.4 is 9.61 Å². The molecule has 0 aliphatic rings. The van der Waals surface area contributed by atoms with Crippen LogP contribution in [0.1, 0.15) is 12.5 Å². The third kappa shape index (κ3) is 4.67. The van der Waals surface area contributed by atoms with Gasteiger partial charge < -0.3 is 9.61 Å². The zero-order valence-electron chi connectivity index (χ0n) is 11.8. The van der Waals surface area contributed by atoms with E-state index in [0.29, 0.717) is 21.5 Å². The van der Waals surface area contributed by atoms with Crippen LogP contribution >= 0.6 is 30.7 Å². The number of hydrogen-bond donors (Lipinski definition) is 1. The van der Waals surface area contributed by atoms with E-state index in [1.54, 1.807) is 30.3 Å². The van der Waals surface area contributed by atoms with Crippen molar-refractivity contribution >= 4 is 36.4 Å². The Morgan fingerprint density at radius 2 is 1.81 bits per heavy atom. The van der Waals surface area contributed by atoms with Crippen LogP contribution in [0.5, 0.6) is 5.75 Å². The Morgan fingerprint density at radius 1 is 1.14 bits per heavy atom. The molecule has 0 amide bonds. The maximum Gasteiger partial charge on any atom is 0.338 e. The fraction of sp³-hybridized carbons (Fsp3) is 0.200. The van der Waals surface area contributed by atoms with Gasteiger partial charge in [0.1, 0.15) is 5.75 Å². The number of benzene rings is 2. The Balaban J connectivity index is 2.14. The van der Waals surface area contributed by atoms with E-state index >= 15 is 0 Å². The molecule has 6 heteroatoms. The second kappa shape index (κ2) is 6.74. The van der Waals surface area contributed by atoms with Crippen LogP contribution in [-0.2, 0) is 11.0 Å². The molecular weight excluding hydrogens is 328 g/mol. The molecule has 112 valence electrons. The molecule has 0 saturated carbocycles. The molecule has 1 atom stereocenters. The minimum atomic E-state index is -3.10. The molecule has 0 spiro atoms. The number of halogens is 2. The third-order valence-corrected chi connectivity index (χ3v) is 4.63. The summed E-state index contributed by atoms with van der Waals surface area (Å²) in [5.41, 5.74) is 1.68. The van der Waals surface area contributed by atoms with E-state index in [0.717, 1.165) is 6.42 Å². The summed E-state index contributed by atoms with van der Waals surface area (Å²) in [5, 5.41) is 3.77. The van der Waals surface area contributed by atoms with E-state index in [1.807, 2.05) is 12.1 Å².